The second kappa shape index (κ2) is 5.08. The highest BCUT2D eigenvalue weighted by atomic mass is 16.1. The molecule has 22 heavy (non-hydrogen) atoms. The van der Waals surface area contributed by atoms with Crippen LogP contribution >= 0.6 is 0 Å². The third-order valence-corrected chi connectivity index (χ3v) is 9.03. The first-order chi connectivity index (χ1) is 10.5. The predicted molar refractivity (Wildman–Crippen MR) is 90.5 cm³/mol. The topological polar surface area (TPSA) is 17.1 Å². The van der Waals surface area contributed by atoms with Gasteiger partial charge in [-0.1, -0.05) is 33.6 Å². The Hall–Kier alpha value is -0.330. The van der Waals surface area contributed by atoms with Gasteiger partial charge in [-0.15, -0.1) is 0 Å². The molecule has 0 aromatic rings. The van der Waals surface area contributed by atoms with E-state index in [1.807, 2.05) is 0 Å². The fourth-order valence-corrected chi connectivity index (χ4v) is 7.88. The van der Waals surface area contributed by atoms with Crippen molar-refractivity contribution in [3.63, 3.8) is 0 Å². The molecular formula is C21H34O. The van der Waals surface area contributed by atoms with Crippen molar-refractivity contribution < 1.29 is 4.79 Å². The molecule has 4 aliphatic rings. The molecule has 0 aromatic heterocycles. The van der Waals surface area contributed by atoms with Crippen LogP contribution in [0.2, 0.25) is 0 Å². The lowest BCUT2D eigenvalue weighted by molar-refractivity contribution is -0.123. The van der Waals surface area contributed by atoms with Gasteiger partial charge < -0.3 is 0 Å². The van der Waals surface area contributed by atoms with E-state index in [1.54, 1.807) is 0 Å². The number of hydrogen-bond acceptors (Lipinski definition) is 1. The van der Waals surface area contributed by atoms with Gasteiger partial charge in [0.25, 0.3) is 0 Å². The van der Waals surface area contributed by atoms with Crippen molar-refractivity contribution in [2.75, 3.05) is 0 Å². The molecule has 0 radical (unpaired) electrons. The van der Waals surface area contributed by atoms with E-state index in [0.717, 1.165) is 30.6 Å². The molecule has 4 fully saturated rings. The van der Waals surface area contributed by atoms with E-state index < -0.39 is 0 Å². The van der Waals surface area contributed by atoms with Crippen LogP contribution < -0.4 is 0 Å². The summed E-state index contributed by atoms with van der Waals surface area (Å²) in [6.07, 6.45) is 13.5. The second-order valence-corrected chi connectivity index (χ2v) is 9.58. The van der Waals surface area contributed by atoms with Crippen molar-refractivity contribution >= 4 is 5.78 Å². The maximum absolute atomic E-state index is 12.6. The van der Waals surface area contributed by atoms with Crippen LogP contribution in [0, 0.1) is 40.4 Å². The standard InChI is InChI=1S/C21H34O/c1-4-16-19(22)13-18-15-9-8-14-7-5-6-11-20(14,2)17(15)10-12-21(16,18)3/h14-18H,4-13H2,1-3H3/t14-,15-,16+,17+,18+,20+,21-/m1/s1. The highest BCUT2D eigenvalue weighted by Gasteiger charge is 2.61. The van der Waals surface area contributed by atoms with Gasteiger partial charge in [0, 0.05) is 12.3 Å². The molecule has 0 aliphatic heterocycles. The predicted octanol–water partition coefficient (Wildman–Crippen LogP) is 5.62. The summed E-state index contributed by atoms with van der Waals surface area (Å²) in [5, 5.41) is 0. The number of carbonyl (C=O) groups excluding carboxylic acids is 1. The maximum atomic E-state index is 12.6. The van der Waals surface area contributed by atoms with Crippen LogP contribution in [0.1, 0.15) is 85.0 Å². The van der Waals surface area contributed by atoms with Crippen LogP contribution in [0.25, 0.3) is 0 Å². The van der Waals surface area contributed by atoms with E-state index in [2.05, 4.69) is 20.8 Å². The highest BCUT2D eigenvalue weighted by molar-refractivity contribution is 5.84. The van der Waals surface area contributed by atoms with Crippen LogP contribution in [-0.4, -0.2) is 5.78 Å². The summed E-state index contributed by atoms with van der Waals surface area (Å²) in [4.78, 5) is 12.6. The third-order valence-electron chi connectivity index (χ3n) is 9.03. The van der Waals surface area contributed by atoms with Crippen molar-refractivity contribution in [3.8, 4) is 0 Å². The van der Waals surface area contributed by atoms with Crippen LogP contribution in [0.15, 0.2) is 0 Å². The van der Waals surface area contributed by atoms with E-state index >= 15 is 0 Å². The summed E-state index contributed by atoms with van der Waals surface area (Å²) in [5.74, 6) is 4.46. The quantitative estimate of drug-likeness (QED) is 0.614. The van der Waals surface area contributed by atoms with Gasteiger partial charge >= 0.3 is 0 Å². The van der Waals surface area contributed by atoms with Crippen molar-refractivity contribution in [1.29, 1.82) is 0 Å². The average molecular weight is 303 g/mol. The zero-order valence-corrected chi connectivity index (χ0v) is 14.9. The van der Waals surface area contributed by atoms with Gasteiger partial charge in [0.05, 0.1) is 0 Å². The highest BCUT2D eigenvalue weighted by Crippen LogP contribution is 2.67. The Morgan fingerprint density at radius 3 is 2.55 bits per heavy atom. The molecule has 0 bridgehead atoms. The first kappa shape index (κ1) is 15.2. The Balaban J connectivity index is 1.66. The summed E-state index contributed by atoms with van der Waals surface area (Å²) in [5.41, 5.74) is 0.945. The first-order valence-corrected chi connectivity index (χ1v) is 10.0. The van der Waals surface area contributed by atoms with Gasteiger partial charge in [0.2, 0.25) is 0 Å². The van der Waals surface area contributed by atoms with E-state index in [0.29, 0.717) is 28.4 Å². The van der Waals surface area contributed by atoms with E-state index in [4.69, 9.17) is 0 Å². The normalized spacial score (nSPS) is 54.5. The Morgan fingerprint density at radius 2 is 1.77 bits per heavy atom. The zero-order chi connectivity index (χ0) is 15.5. The van der Waals surface area contributed by atoms with Crippen molar-refractivity contribution in [2.45, 2.75) is 85.0 Å². The fraction of sp³-hybridized carbons (Fsp3) is 0.952. The summed E-state index contributed by atoms with van der Waals surface area (Å²) in [6.45, 7) is 7.34. The van der Waals surface area contributed by atoms with Crippen LogP contribution in [0.4, 0.5) is 0 Å². The zero-order valence-electron chi connectivity index (χ0n) is 14.9. The van der Waals surface area contributed by atoms with E-state index in [-0.39, 0.29) is 0 Å². The molecular weight excluding hydrogens is 268 g/mol. The molecule has 4 aliphatic carbocycles. The lowest BCUT2D eigenvalue weighted by atomic mass is 9.45. The number of hydrogen-bond donors (Lipinski definition) is 0. The molecule has 0 amide bonds. The number of fused-ring (bicyclic) bond motifs is 5. The summed E-state index contributed by atoms with van der Waals surface area (Å²) in [7, 11) is 0. The average Bonchev–Trinajstić information content (AvgIpc) is 2.76. The van der Waals surface area contributed by atoms with Gasteiger partial charge in [-0.05, 0) is 79.4 Å². The summed E-state index contributed by atoms with van der Waals surface area (Å²) < 4.78 is 0. The molecule has 1 nitrogen and oxygen atoms in total. The van der Waals surface area contributed by atoms with Gasteiger partial charge in [-0.25, -0.2) is 0 Å². The minimum absolute atomic E-state index is 0.338. The monoisotopic (exact) mass is 302 g/mol. The van der Waals surface area contributed by atoms with E-state index in [1.165, 1.54) is 51.4 Å². The molecule has 4 rings (SSSR count). The van der Waals surface area contributed by atoms with Crippen molar-refractivity contribution in [2.24, 2.45) is 40.4 Å². The molecule has 7 atom stereocenters. The van der Waals surface area contributed by atoms with Crippen LogP contribution in [0.5, 0.6) is 0 Å². The number of carbonyl (C=O) groups is 1. The van der Waals surface area contributed by atoms with Gasteiger partial charge in [-0.3, -0.25) is 4.79 Å². The SMILES string of the molecule is CC[C@H]1C(=O)C[C@H]2[C@@H]3CC[C@H]4CCCC[C@]4(C)[C@H]3CC[C@]12C. The Bertz CT molecular complexity index is 469. The summed E-state index contributed by atoms with van der Waals surface area (Å²) in [6, 6.07) is 0. The second-order valence-electron chi connectivity index (χ2n) is 9.58. The Kier molecular flexibility index (Phi) is 3.51. The van der Waals surface area contributed by atoms with Gasteiger partial charge in [0.1, 0.15) is 5.78 Å². The Morgan fingerprint density at radius 1 is 0.955 bits per heavy atom. The lowest BCUT2D eigenvalue weighted by Gasteiger charge is -2.60. The lowest BCUT2D eigenvalue weighted by Crippen LogP contribution is -2.52. The molecule has 124 valence electrons. The number of Topliss-reactive ketones (excluding diaryl/α,β-unsaturated/α-hetero) is 1. The molecule has 0 N–H and O–H groups in total. The summed E-state index contributed by atoms with van der Waals surface area (Å²) >= 11 is 0. The Labute approximate surface area is 136 Å². The maximum Gasteiger partial charge on any atom is 0.136 e. The fourth-order valence-electron chi connectivity index (χ4n) is 7.88. The molecule has 0 aromatic carbocycles. The molecule has 0 spiro atoms. The molecule has 0 unspecified atom stereocenters. The smallest absolute Gasteiger partial charge is 0.136 e. The number of ketones is 1. The molecule has 0 saturated heterocycles. The molecule has 0 heterocycles. The minimum Gasteiger partial charge on any atom is -0.299 e. The first-order valence-electron chi connectivity index (χ1n) is 10.0. The van der Waals surface area contributed by atoms with Crippen molar-refractivity contribution in [1.82, 2.24) is 0 Å². The number of rotatable bonds is 1. The van der Waals surface area contributed by atoms with Crippen molar-refractivity contribution in [3.05, 3.63) is 0 Å². The van der Waals surface area contributed by atoms with Gasteiger partial charge in [-0.2, -0.15) is 0 Å². The van der Waals surface area contributed by atoms with Crippen LogP contribution in [-0.2, 0) is 4.79 Å². The van der Waals surface area contributed by atoms with Gasteiger partial charge in [0.15, 0.2) is 0 Å². The molecule has 4 saturated carbocycles. The largest absolute Gasteiger partial charge is 0.299 e. The minimum atomic E-state index is 0.338. The van der Waals surface area contributed by atoms with Crippen LogP contribution in [0.3, 0.4) is 0 Å². The van der Waals surface area contributed by atoms with E-state index in [9.17, 15) is 4.79 Å². The third kappa shape index (κ3) is 1.86. The molecule has 1 heteroatoms.